The summed E-state index contributed by atoms with van der Waals surface area (Å²) in [6.07, 6.45) is 5.71. The summed E-state index contributed by atoms with van der Waals surface area (Å²) in [5, 5.41) is 4.39. The van der Waals surface area contributed by atoms with Gasteiger partial charge in [-0.2, -0.15) is 0 Å². The van der Waals surface area contributed by atoms with E-state index < -0.39 is 5.97 Å². The Morgan fingerprint density at radius 1 is 1.18 bits per heavy atom. The van der Waals surface area contributed by atoms with Gasteiger partial charge in [-0.1, -0.05) is 18.2 Å². The number of rotatable bonds is 10. The molecule has 2 heterocycles. The summed E-state index contributed by atoms with van der Waals surface area (Å²) in [6.45, 7) is 7.49. The predicted molar refractivity (Wildman–Crippen MR) is 162 cm³/mol. The summed E-state index contributed by atoms with van der Waals surface area (Å²) < 4.78 is 7.87. The average molecular weight is 542 g/mol. The minimum absolute atomic E-state index is 0.258. The molecule has 9 nitrogen and oxygen atoms in total. The van der Waals surface area contributed by atoms with Crippen molar-refractivity contribution in [1.29, 1.82) is 0 Å². The molecule has 5 rings (SSSR count). The van der Waals surface area contributed by atoms with E-state index in [2.05, 4.69) is 63.2 Å². The van der Waals surface area contributed by atoms with Crippen molar-refractivity contribution in [2.24, 2.45) is 0 Å². The van der Waals surface area contributed by atoms with E-state index in [9.17, 15) is 4.79 Å². The Balaban J connectivity index is 1.53. The molecule has 4 aromatic rings. The van der Waals surface area contributed by atoms with Gasteiger partial charge in [-0.3, -0.25) is 0 Å². The molecule has 1 aliphatic rings. The van der Waals surface area contributed by atoms with Crippen molar-refractivity contribution in [3.05, 3.63) is 59.9 Å². The molecule has 9 heteroatoms. The van der Waals surface area contributed by atoms with Crippen molar-refractivity contribution in [1.82, 2.24) is 19.4 Å². The third-order valence-electron chi connectivity index (χ3n) is 7.20. The highest BCUT2D eigenvalue weighted by Crippen LogP contribution is 2.42. The second-order valence-electron chi connectivity index (χ2n) is 11.2. The molecule has 210 valence electrons. The van der Waals surface area contributed by atoms with Crippen molar-refractivity contribution in [2.45, 2.75) is 45.8 Å². The molecule has 0 spiro atoms. The molecule has 1 aliphatic carbocycles. The summed E-state index contributed by atoms with van der Waals surface area (Å²) in [4.78, 5) is 26.9. The number of nitrogens with one attached hydrogen (secondary N) is 1. The lowest BCUT2D eigenvalue weighted by Crippen LogP contribution is -2.29. The molecule has 0 amide bonds. The molecule has 0 bridgehead atoms. The van der Waals surface area contributed by atoms with Gasteiger partial charge in [0.2, 0.25) is 5.95 Å². The first-order valence-electron chi connectivity index (χ1n) is 13.8. The first kappa shape index (κ1) is 27.5. The molecule has 0 aliphatic heterocycles. The van der Waals surface area contributed by atoms with Crippen LogP contribution in [-0.4, -0.2) is 65.7 Å². The minimum atomic E-state index is -0.439. The molecule has 1 saturated carbocycles. The van der Waals surface area contributed by atoms with Crippen LogP contribution in [0.1, 0.15) is 48.7 Å². The molecule has 2 aromatic carbocycles. The number of carbonyl (C=O) groups excluding carboxylic acids is 1. The van der Waals surface area contributed by atoms with Crippen LogP contribution in [0.5, 0.6) is 0 Å². The Kier molecular flexibility index (Phi) is 7.67. The van der Waals surface area contributed by atoms with Crippen LogP contribution >= 0.6 is 0 Å². The number of hydrogen-bond donors (Lipinski definition) is 2. The highest BCUT2D eigenvalue weighted by Gasteiger charge is 2.28. The minimum Gasteiger partial charge on any atom is -0.459 e. The number of fused-ring (bicyclic) bond motifs is 1. The van der Waals surface area contributed by atoms with Crippen LogP contribution < -0.4 is 16.0 Å². The Bertz CT molecular complexity index is 1540. The van der Waals surface area contributed by atoms with Gasteiger partial charge in [-0.15, -0.1) is 0 Å². The van der Waals surface area contributed by atoms with Gasteiger partial charge in [0.05, 0.1) is 23.2 Å². The van der Waals surface area contributed by atoms with Crippen LogP contribution in [0.4, 0.5) is 23.0 Å². The Morgan fingerprint density at radius 3 is 2.62 bits per heavy atom. The van der Waals surface area contributed by atoms with Crippen LogP contribution in [0.15, 0.2) is 48.8 Å². The third-order valence-corrected chi connectivity index (χ3v) is 7.20. The van der Waals surface area contributed by atoms with Crippen molar-refractivity contribution in [3.63, 3.8) is 0 Å². The van der Waals surface area contributed by atoms with Crippen LogP contribution in [0, 0.1) is 6.92 Å². The van der Waals surface area contributed by atoms with E-state index in [4.69, 9.17) is 15.5 Å². The molecule has 3 N–H and O–H groups in total. The lowest BCUT2D eigenvalue weighted by atomic mass is 10.1. The Labute approximate surface area is 236 Å². The van der Waals surface area contributed by atoms with E-state index in [1.54, 1.807) is 6.20 Å². The first-order valence-corrected chi connectivity index (χ1v) is 13.8. The standard InChI is InChI=1S/C31H39N7O2/c1-19(2)40-30(39)23-17-33-31(34-26-16-25(32)28(15-20(26)3)37(6)14-13-36(4)5)35-29(23)24-18-38(21-11-12-21)27-10-8-7-9-22(24)27/h7-10,15-19,21H,11-14,32H2,1-6H3,(H,33,34,35). The average Bonchev–Trinajstić information content (AvgIpc) is 3.68. The van der Waals surface area contributed by atoms with E-state index >= 15 is 0 Å². The normalized spacial score (nSPS) is 13.3. The maximum Gasteiger partial charge on any atom is 0.342 e. The second-order valence-corrected chi connectivity index (χ2v) is 11.2. The number of ether oxygens (including phenoxy) is 1. The second kappa shape index (κ2) is 11.2. The predicted octanol–water partition coefficient (Wildman–Crippen LogP) is 5.63. The molecular weight excluding hydrogens is 502 g/mol. The number of nitrogens with two attached hydrogens (primary N) is 1. The van der Waals surface area contributed by atoms with Crippen LogP contribution in [-0.2, 0) is 4.74 Å². The van der Waals surface area contributed by atoms with Gasteiger partial charge in [-0.05, 0) is 71.5 Å². The third kappa shape index (κ3) is 5.74. The number of nitrogens with zero attached hydrogens (tertiary/aromatic N) is 5. The van der Waals surface area contributed by atoms with Crippen LogP contribution in [0.2, 0.25) is 0 Å². The number of aromatic nitrogens is 3. The quantitative estimate of drug-likeness (QED) is 0.197. The fourth-order valence-corrected chi connectivity index (χ4v) is 4.89. The maximum atomic E-state index is 13.1. The number of para-hydroxylation sites is 1. The molecule has 0 atom stereocenters. The monoisotopic (exact) mass is 541 g/mol. The number of carbonyl (C=O) groups is 1. The highest BCUT2D eigenvalue weighted by atomic mass is 16.5. The molecular formula is C31H39N7O2. The van der Waals surface area contributed by atoms with Gasteiger partial charge in [0.1, 0.15) is 5.56 Å². The lowest BCUT2D eigenvalue weighted by Gasteiger charge is -2.24. The number of aryl methyl sites for hydroxylation is 1. The maximum absolute atomic E-state index is 13.1. The number of benzene rings is 2. The van der Waals surface area contributed by atoms with Gasteiger partial charge in [0.25, 0.3) is 0 Å². The van der Waals surface area contributed by atoms with E-state index in [0.717, 1.165) is 59.3 Å². The molecule has 0 unspecified atom stereocenters. The fraction of sp³-hybridized carbons (Fsp3) is 0.387. The Morgan fingerprint density at radius 2 is 1.93 bits per heavy atom. The van der Waals surface area contributed by atoms with Crippen molar-refractivity contribution in [2.75, 3.05) is 50.2 Å². The summed E-state index contributed by atoms with van der Waals surface area (Å²) in [5.41, 5.74) is 12.9. The van der Waals surface area contributed by atoms with Crippen molar-refractivity contribution >= 4 is 39.9 Å². The zero-order valence-corrected chi connectivity index (χ0v) is 24.2. The van der Waals surface area contributed by atoms with Gasteiger partial charge in [0, 0.05) is 60.7 Å². The molecule has 40 heavy (non-hydrogen) atoms. The van der Waals surface area contributed by atoms with Gasteiger partial charge >= 0.3 is 5.97 Å². The number of anilines is 4. The summed E-state index contributed by atoms with van der Waals surface area (Å²) in [5.74, 6) is -0.0547. The van der Waals surface area contributed by atoms with Crippen LogP contribution in [0.3, 0.4) is 0 Å². The first-order chi connectivity index (χ1) is 19.1. The van der Waals surface area contributed by atoms with Crippen molar-refractivity contribution < 1.29 is 9.53 Å². The highest BCUT2D eigenvalue weighted by molar-refractivity contribution is 6.03. The largest absolute Gasteiger partial charge is 0.459 e. The lowest BCUT2D eigenvalue weighted by molar-refractivity contribution is 0.0378. The summed E-state index contributed by atoms with van der Waals surface area (Å²) >= 11 is 0. The number of hydrogen-bond acceptors (Lipinski definition) is 8. The topological polar surface area (TPSA) is 102 Å². The van der Waals surface area contributed by atoms with E-state index in [1.807, 2.05) is 46.0 Å². The van der Waals surface area contributed by atoms with Crippen molar-refractivity contribution in [3.8, 4) is 11.3 Å². The van der Waals surface area contributed by atoms with E-state index in [-0.39, 0.29) is 6.10 Å². The zero-order valence-electron chi connectivity index (χ0n) is 24.2. The summed E-state index contributed by atoms with van der Waals surface area (Å²) in [7, 11) is 6.16. The van der Waals surface area contributed by atoms with Gasteiger partial charge in [-0.25, -0.2) is 14.8 Å². The number of likely N-dealkylation sites (N-methyl/N-ethyl adjacent to an activating group) is 2. The molecule has 1 fully saturated rings. The summed E-state index contributed by atoms with van der Waals surface area (Å²) in [6, 6.07) is 12.7. The Hall–Kier alpha value is -4.11. The molecule has 2 aromatic heterocycles. The SMILES string of the molecule is Cc1cc(N(C)CCN(C)C)c(N)cc1Nc1ncc(C(=O)OC(C)C)c(-c2cn(C3CC3)c3ccccc23)n1. The van der Waals surface area contributed by atoms with Gasteiger partial charge in [0.15, 0.2) is 0 Å². The van der Waals surface area contributed by atoms with E-state index in [1.165, 1.54) is 0 Å². The zero-order chi connectivity index (χ0) is 28.6. The number of esters is 1. The fourth-order valence-electron chi connectivity index (χ4n) is 4.89. The van der Waals surface area contributed by atoms with Crippen LogP contribution in [0.25, 0.3) is 22.2 Å². The smallest absolute Gasteiger partial charge is 0.342 e. The van der Waals surface area contributed by atoms with Gasteiger partial charge < -0.3 is 30.2 Å². The molecule has 0 saturated heterocycles. The van der Waals surface area contributed by atoms with E-state index in [0.29, 0.717) is 28.9 Å². The number of nitrogen functional groups attached to an aromatic ring is 1. The molecule has 0 radical (unpaired) electrons.